The van der Waals surface area contributed by atoms with Crippen LogP contribution in [0.3, 0.4) is 0 Å². The summed E-state index contributed by atoms with van der Waals surface area (Å²) in [6.45, 7) is 2.98. The van der Waals surface area contributed by atoms with Crippen LogP contribution >= 0.6 is 0 Å². The molecule has 0 unspecified atom stereocenters. The zero-order chi connectivity index (χ0) is 12.3. The molecule has 0 atom stereocenters. The van der Waals surface area contributed by atoms with Crippen LogP contribution in [0.5, 0.6) is 5.75 Å². The predicted octanol–water partition coefficient (Wildman–Crippen LogP) is 4.24. The second kappa shape index (κ2) is 8.68. The summed E-state index contributed by atoms with van der Waals surface area (Å²) in [4.78, 5) is 0. The highest BCUT2D eigenvalue weighted by Crippen LogP contribution is 2.16. The zero-order valence-electron chi connectivity index (χ0n) is 10.9. The number of rotatable bonds is 8. The van der Waals surface area contributed by atoms with Gasteiger partial charge in [0.2, 0.25) is 0 Å². The molecule has 0 saturated carbocycles. The van der Waals surface area contributed by atoms with Crippen LogP contribution in [0.1, 0.15) is 32.6 Å². The van der Waals surface area contributed by atoms with Crippen LogP contribution in [-0.2, 0) is 0 Å². The van der Waals surface area contributed by atoms with Crippen LogP contribution < -0.4 is 10.1 Å². The van der Waals surface area contributed by atoms with E-state index in [0.717, 1.165) is 30.9 Å². The van der Waals surface area contributed by atoms with Crippen molar-refractivity contribution in [3.8, 4) is 5.75 Å². The van der Waals surface area contributed by atoms with E-state index in [0.29, 0.717) is 0 Å². The Morgan fingerprint density at radius 3 is 2.82 bits per heavy atom. The van der Waals surface area contributed by atoms with Crippen LogP contribution in [0.25, 0.3) is 0 Å². The summed E-state index contributed by atoms with van der Waals surface area (Å²) < 4.78 is 5.68. The summed E-state index contributed by atoms with van der Waals surface area (Å²) in [5.41, 5.74) is 1.09. The molecule has 1 aromatic carbocycles. The maximum atomic E-state index is 5.68. The van der Waals surface area contributed by atoms with Crippen molar-refractivity contribution in [1.82, 2.24) is 0 Å². The van der Waals surface area contributed by atoms with Gasteiger partial charge in [-0.1, -0.05) is 31.6 Å². The number of hydrogen-bond donors (Lipinski definition) is 1. The van der Waals surface area contributed by atoms with E-state index in [1.165, 1.54) is 12.8 Å². The third-order valence-corrected chi connectivity index (χ3v) is 2.53. The molecule has 0 fully saturated rings. The van der Waals surface area contributed by atoms with E-state index in [-0.39, 0.29) is 0 Å². The van der Waals surface area contributed by atoms with Gasteiger partial charge in [-0.2, -0.15) is 0 Å². The van der Waals surface area contributed by atoms with Crippen LogP contribution in [0.4, 0.5) is 5.69 Å². The molecule has 0 radical (unpaired) electrons. The molecule has 0 bridgehead atoms. The molecule has 2 heteroatoms. The maximum absolute atomic E-state index is 5.68. The summed E-state index contributed by atoms with van der Waals surface area (Å²) in [6.07, 6.45) is 9.09. The number of allylic oxidation sites excluding steroid dienone is 2. The van der Waals surface area contributed by atoms with Crippen molar-refractivity contribution in [2.75, 3.05) is 19.0 Å². The van der Waals surface area contributed by atoms with E-state index in [2.05, 4.69) is 24.4 Å². The number of ether oxygens (including phenoxy) is 1. The fourth-order valence-corrected chi connectivity index (χ4v) is 1.53. The Morgan fingerprint density at radius 1 is 1.24 bits per heavy atom. The lowest BCUT2D eigenvalue weighted by Crippen LogP contribution is -1.97. The van der Waals surface area contributed by atoms with Gasteiger partial charge in [0.1, 0.15) is 5.75 Å². The lowest BCUT2D eigenvalue weighted by molar-refractivity contribution is 0.312. The highest BCUT2D eigenvalue weighted by molar-refractivity contribution is 5.47. The molecule has 94 valence electrons. The number of benzene rings is 1. The van der Waals surface area contributed by atoms with E-state index in [9.17, 15) is 0 Å². The van der Waals surface area contributed by atoms with Gasteiger partial charge in [-0.15, -0.1) is 0 Å². The van der Waals surface area contributed by atoms with Crippen LogP contribution in [-0.4, -0.2) is 13.7 Å². The van der Waals surface area contributed by atoms with Crippen molar-refractivity contribution in [1.29, 1.82) is 0 Å². The molecular formula is C15H23NO. The highest BCUT2D eigenvalue weighted by atomic mass is 16.5. The Balaban J connectivity index is 2.17. The predicted molar refractivity (Wildman–Crippen MR) is 74.8 cm³/mol. The fourth-order valence-electron chi connectivity index (χ4n) is 1.53. The van der Waals surface area contributed by atoms with Crippen LogP contribution in [0, 0.1) is 0 Å². The van der Waals surface area contributed by atoms with E-state index in [1.807, 2.05) is 31.3 Å². The Hall–Kier alpha value is -1.44. The Morgan fingerprint density at radius 2 is 2.06 bits per heavy atom. The van der Waals surface area contributed by atoms with Crippen molar-refractivity contribution in [3.05, 3.63) is 36.4 Å². The second-order valence-corrected chi connectivity index (χ2v) is 4.03. The second-order valence-electron chi connectivity index (χ2n) is 4.03. The minimum absolute atomic E-state index is 0.781. The van der Waals surface area contributed by atoms with E-state index in [1.54, 1.807) is 0 Å². The highest BCUT2D eigenvalue weighted by Gasteiger charge is 1.94. The smallest absolute Gasteiger partial charge is 0.121 e. The molecule has 0 aliphatic carbocycles. The topological polar surface area (TPSA) is 21.3 Å². The summed E-state index contributed by atoms with van der Waals surface area (Å²) in [6, 6.07) is 8.04. The molecule has 1 rings (SSSR count). The Labute approximate surface area is 105 Å². The van der Waals surface area contributed by atoms with Crippen molar-refractivity contribution >= 4 is 5.69 Å². The van der Waals surface area contributed by atoms with Crippen molar-refractivity contribution < 1.29 is 4.74 Å². The van der Waals surface area contributed by atoms with Gasteiger partial charge in [0.25, 0.3) is 0 Å². The molecule has 17 heavy (non-hydrogen) atoms. The summed E-state index contributed by atoms with van der Waals surface area (Å²) in [5.74, 6) is 0.939. The largest absolute Gasteiger partial charge is 0.494 e. The monoisotopic (exact) mass is 233 g/mol. The number of nitrogens with one attached hydrogen (secondary N) is 1. The molecule has 0 spiro atoms. The quantitative estimate of drug-likeness (QED) is 0.535. The third kappa shape index (κ3) is 6.00. The van der Waals surface area contributed by atoms with E-state index in [4.69, 9.17) is 4.74 Å². The summed E-state index contributed by atoms with van der Waals surface area (Å²) in [7, 11) is 1.91. The molecule has 1 N–H and O–H groups in total. The molecule has 0 aliphatic rings. The Kier molecular flexibility index (Phi) is 6.96. The van der Waals surface area contributed by atoms with E-state index >= 15 is 0 Å². The summed E-state index contributed by atoms with van der Waals surface area (Å²) in [5, 5.41) is 3.10. The van der Waals surface area contributed by atoms with Gasteiger partial charge in [0, 0.05) is 18.8 Å². The average Bonchev–Trinajstić information content (AvgIpc) is 2.38. The molecule has 2 nitrogen and oxygen atoms in total. The minimum Gasteiger partial charge on any atom is -0.494 e. The molecule has 0 saturated heterocycles. The number of unbranched alkanes of at least 4 members (excludes halogenated alkanes) is 2. The van der Waals surface area contributed by atoms with Gasteiger partial charge in [0.05, 0.1) is 6.61 Å². The molecule has 0 heterocycles. The van der Waals surface area contributed by atoms with Gasteiger partial charge in [-0.25, -0.2) is 0 Å². The van der Waals surface area contributed by atoms with Gasteiger partial charge >= 0.3 is 0 Å². The van der Waals surface area contributed by atoms with Gasteiger partial charge in [-0.3, -0.25) is 0 Å². The van der Waals surface area contributed by atoms with Crippen LogP contribution in [0.15, 0.2) is 36.4 Å². The SMILES string of the molecule is CCCC=CCCCOc1cccc(NC)c1. The fraction of sp³-hybridized carbons (Fsp3) is 0.467. The maximum Gasteiger partial charge on any atom is 0.121 e. The Bertz CT molecular complexity index is 333. The van der Waals surface area contributed by atoms with Gasteiger partial charge in [0.15, 0.2) is 0 Å². The zero-order valence-corrected chi connectivity index (χ0v) is 10.9. The summed E-state index contributed by atoms with van der Waals surface area (Å²) >= 11 is 0. The van der Waals surface area contributed by atoms with E-state index < -0.39 is 0 Å². The first kappa shape index (κ1) is 13.6. The molecule has 0 aliphatic heterocycles. The van der Waals surface area contributed by atoms with Crippen molar-refractivity contribution in [2.24, 2.45) is 0 Å². The average molecular weight is 233 g/mol. The first-order valence-corrected chi connectivity index (χ1v) is 6.42. The molecular weight excluding hydrogens is 210 g/mol. The third-order valence-electron chi connectivity index (χ3n) is 2.53. The van der Waals surface area contributed by atoms with Gasteiger partial charge < -0.3 is 10.1 Å². The minimum atomic E-state index is 0.781. The van der Waals surface area contributed by atoms with Crippen molar-refractivity contribution in [3.63, 3.8) is 0 Å². The van der Waals surface area contributed by atoms with Gasteiger partial charge in [-0.05, 0) is 31.4 Å². The first-order chi connectivity index (χ1) is 8.36. The normalized spacial score (nSPS) is 10.7. The number of hydrogen-bond acceptors (Lipinski definition) is 2. The lowest BCUT2D eigenvalue weighted by Gasteiger charge is -2.07. The standard InChI is InChI=1S/C15H23NO/c1-3-4-5-6-7-8-12-17-15-11-9-10-14(13-15)16-2/h5-6,9-11,13,16H,3-4,7-8,12H2,1-2H3. The lowest BCUT2D eigenvalue weighted by atomic mass is 10.2. The van der Waals surface area contributed by atoms with Crippen molar-refractivity contribution in [2.45, 2.75) is 32.6 Å². The molecule has 0 aromatic heterocycles. The van der Waals surface area contributed by atoms with Crippen LogP contribution in [0.2, 0.25) is 0 Å². The first-order valence-electron chi connectivity index (χ1n) is 6.42. The number of anilines is 1. The molecule has 1 aromatic rings. The molecule has 0 amide bonds.